The molecule has 0 unspecified atom stereocenters. The zero-order valence-electron chi connectivity index (χ0n) is 12.9. The fourth-order valence-corrected chi connectivity index (χ4v) is 4.34. The van der Waals surface area contributed by atoms with Crippen LogP contribution in [0.2, 0.25) is 0 Å². The van der Waals surface area contributed by atoms with Gasteiger partial charge < -0.3 is 4.90 Å². The molecule has 2 aliphatic rings. The number of aryl methyl sites for hydroxylation is 2. The lowest BCUT2D eigenvalue weighted by molar-refractivity contribution is -0.133. The molecule has 1 saturated heterocycles. The Morgan fingerprint density at radius 2 is 2.05 bits per heavy atom. The van der Waals surface area contributed by atoms with Crippen LogP contribution in [0.4, 0.5) is 0 Å². The van der Waals surface area contributed by atoms with Crippen molar-refractivity contribution < 1.29 is 4.79 Å². The maximum absolute atomic E-state index is 12.0. The van der Waals surface area contributed by atoms with Crippen LogP contribution in [0.1, 0.15) is 48.2 Å². The summed E-state index contributed by atoms with van der Waals surface area (Å²) < 4.78 is 0. The zero-order chi connectivity index (χ0) is 14.7. The van der Waals surface area contributed by atoms with Crippen LogP contribution in [0.25, 0.3) is 0 Å². The van der Waals surface area contributed by atoms with E-state index in [1.54, 1.807) is 0 Å². The summed E-state index contributed by atoms with van der Waals surface area (Å²) in [5.41, 5.74) is 1.35. The van der Waals surface area contributed by atoms with E-state index in [4.69, 9.17) is 4.98 Å². The monoisotopic (exact) mass is 307 g/mol. The lowest BCUT2D eigenvalue weighted by atomic mass is 10.2. The molecule has 1 fully saturated rings. The van der Waals surface area contributed by atoms with Gasteiger partial charge in [0.05, 0.1) is 12.2 Å². The van der Waals surface area contributed by atoms with E-state index < -0.39 is 0 Å². The number of aromatic nitrogens is 1. The van der Waals surface area contributed by atoms with Gasteiger partial charge in [0.1, 0.15) is 5.01 Å². The largest absolute Gasteiger partial charge is 0.340 e. The molecule has 1 aromatic rings. The maximum atomic E-state index is 12.0. The molecule has 21 heavy (non-hydrogen) atoms. The summed E-state index contributed by atoms with van der Waals surface area (Å²) in [6.45, 7) is 6.84. The SMILES string of the molecule is CCCCC(=O)N1CCN(Cc2nc3c(s2)CCC3)CC1. The van der Waals surface area contributed by atoms with E-state index in [0.29, 0.717) is 5.91 Å². The second-order valence-corrected chi connectivity index (χ2v) is 7.26. The van der Waals surface area contributed by atoms with Crippen LogP contribution >= 0.6 is 11.3 Å². The van der Waals surface area contributed by atoms with Crippen molar-refractivity contribution in [1.29, 1.82) is 0 Å². The first-order valence-electron chi connectivity index (χ1n) is 8.24. The molecule has 1 aliphatic carbocycles. The van der Waals surface area contributed by atoms with Crippen molar-refractivity contribution in [3.8, 4) is 0 Å². The molecule has 5 heteroatoms. The minimum Gasteiger partial charge on any atom is -0.340 e. The second kappa shape index (κ2) is 6.88. The lowest BCUT2D eigenvalue weighted by Crippen LogP contribution is -2.48. The van der Waals surface area contributed by atoms with Gasteiger partial charge in [0, 0.05) is 37.5 Å². The quantitative estimate of drug-likeness (QED) is 0.838. The Bertz CT molecular complexity index is 470. The first kappa shape index (κ1) is 15.0. The van der Waals surface area contributed by atoms with Gasteiger partial charge in [-0.2, -0.15) is 0 Å². The van der Waals surface area contributed by atoms with Gasteiger partial charge >= 0.3 is 0 Å². The van der Waals surface area contributed by atoms with E-state index >= 15 is 0 Å². The van der Waals surface area contributed by atoms with E-state index in [2.05, 4.69) is 11.8 Å². The molecule has 0 saturated carbocycles. The number of carbonyl (C=O) groups is 1. The van der Waals surface area contributed by atoms with Gasteiger partial charge in [0.15, 0.2) is 0 Å². The number of hydrogen-bond donors (Lipinski definition) is 0. The average molecular weight is 307 g/mol. The molecule has 0 atom stereocenters. The van der Waals surface area contributed by atoms with Gasteiger partial charge in [-0.25, -0.2) is 4.98 Å². The average Bonchev–Trinajstić information content (AvgIpc) is 3.06. The van der Waals surface area contributed by atoms with Crippen molar-refractivity contribution in [2.75, 3.05) is 26.2 Å². The number of rotatable bonds is 5. The summed E-state index contributed by atoms with van der Waals surface area (Å²) in [5, 5.41) is 1.27. The van der Waals surface area contributed by atoms with Gasteiger partial charge in [-0.3, -0.25) is 9.69 Å². The van der Waals surface area contributed by atoms with Crippen LogP contribution in [0.15, 0.2) is 0 Å². The first-order valence-corrected chi connectivity index (χ1v) is 9.05. The Morgan fingerprint density at radius 1 is 1.24 bits per heavy atom. The molecule has 1 aliphatic heterocycles. The molecule has 116 valence electrons. The molecule has 0 bridgehead atoms. The third kappa shape index (κ3) is 3.64. The fourth-order valence-electron chi connectivity index (χ4n) is 3.14. The number of piperazine rings is 1. The number of nitrogens with zero attached hydrogens (tertiary/aromatic N) is 3. The summed E-state index contributed by atoms with van der Waals surface area (Å²) in [6.07, 6.45) is 6.52. The molecule has 4 nitrogen and oxygen atoms in total. The molecule has 3 rings (SSSR count). The van der Waals surface area contributed by atoms with Crippen LogP contribution < -0.4 is 0 Å². The van der Waals surface area contributed by atoms with Crippen molar-refractivity contribution in [2.45, 2.75) is 52.0 Å². The topological polar surface area (TPSA) is 36.4 Å². The molecular formula is C16H25N3OS. The molecule has 0 aromatic carbocycles. The molecule has 2 heterocycles. The van der Waals surface area contributed by atoms with E-state index in [1.807, 2.05) is 16.2 Å². The minimum atomic E-state index is 0.338. The molecule has 0 N–H and O–H groups in total. The highest BCUT2D eigenvalue weighted by atomic mass is 32.1. The summed E-state index contributed by atoms with van der Waals surface area (Å²) in [4.78, 5) is 22.8. The predicted octanol–water partition coefficient (Wildman–Crippen LogP) is 2.47. The van der Waals surface area contributed by atoms with Crippen LogP contribution in [0.3, 0.4) is 0 Å². The summed E-state index contributed by atoms with van der Waals surface area (Å²) in [7, 11) is 0. The van der Waals surface area contributed by atoms with Gasteiger partial charge in [0.2, 0.25) is 5.91 Å². The number of thiazole rings is 1. The number of carbonyl (C=O) groups excluding carboxylic acids is 1. The summed E-state index contributed by atoms with van der Waals surface area (Å²) in [5.74, 6) is 0.338. The Morgan fingerprint density at radius 3 is 2.76 bits per heavy atom. The number of amides is 1. The Hall–Kier alpha value is -0.940. The second-order valence-electron chi connectivity index (χ2n) is 6.09. The van der Waals surface area contributed by atoms with Crippen LogP contribution in [-0.2, 0) is 24.2 Å². The van der Waals surface area contributed by atoms with E-state index in [1.165, 1.54) is 34.8 Å². The Balaban J connectivity index is 1.46. The van der Waals surface area contributed by atoms with Gasteiger partial charge in [0.25, 0.3) is 0 Å². The third-order valence-corrected chi connectivity index (χ3v) is 5.61. The molecular weight excluding hydrogens is 282 g/mol. The van der Waals surface area contributed by atoms with Crippen LogP contribution in [-0.4, -0.2) is 46.9 Å². The fraction of sp³-hybridized carbons (Fsp3) is 0.750. The molecule has 0 spiro atoms. The normalized spacial score (nSPS) is 19.0. The van der Waals surface area contributed by atoms with Crippen LogP contribution in [0.5, 0.6) is 0 Å². The van der Waals surface area contributed by atoms with Crippen LogP contribution in [0, 0.1) is 0 Å². The number of unbranched alkanes of at least 4 members (excludes halogenated alkanes) is 1. The Kier molecular flexibility index (Phi) is 4.91. The number of fused-ring (bicyclic) bond motifs is 1. The van der Waals surface area contributed by atoms with Gasteiger partial charge in [-0.15, -0.1) is 11.3 Å². The van der Waals surface area contributed by atoms with Gasteiger partial charge in [-0.05, 0) is 25.7 Å². The van der Waals surface area contributed by atoms with Crippen molar-refractivity contribution in [1.82, 2.24) is 14.8 Å². The van der Waals surface area contributed by atoms with Crippen molar-refractivity contribution in [3.63, 3.8) is 0 Å². The molecule has 1 amide bonds. The predicted molar refractivity (Wildman–Crippen MR) is 85.5 cm³/mol. The Labute approximate surface area is 131 Å². The third-order valence-electron chi connectivity index (χ3n) is 4.47. The standard InChI is InChI=1S/C16H25N3OS/c1-2-3-7-16(20)19-10-8-18(9-11-19)12-15-17-13-5-4-6-14(13)21-15/h2-12H2,1H3. The minimum absolute atomic E-state index is 0.338. The molecule has 1 aromatic heterocycles. The van der Waals surface area contributed by atoms with E-state index in [-0.39, 0.29) is 0 Å². The first-order chi connectivity index (χ1) is 10.3. The smallest absolute Gasteiger partial charge is 0.222 e. The highest BCUT2D eigenvalue weighted by molar-refractivity contribution is 7.11. The van der Waals surface area contributed by atoms with E-state index in [9.17, 15) is 4.79 Å². The highest BCUT2D eigenvalue weighted by Gasteiger charge is 2.22. The van der Waals surface area contributed by atoms with E-state index in [0.717, 1.165) is 52.0 Å². The van der Waals surface area contributed by atoms with Crippen molar-refractivity contribution in [2.24, 2.45) is 0 Å². The van der Waals surface area contributed by atoms with Crippen molar-refractivity contribution in [3.05, 3.63) is 15.6 Å². The zero-order valence-corrected chi connectivity index (χ0v) is 13.8. The maximum Gasteiger partial charge on any atom is 0.222 e. The number of hydrogen-bond acceptors (Lipinski definition) is 4. The molecule has 0 radical (unpaired) electrons. The van der Waals surface area contributed by atoms with Crippen molar-refractivity contribution >= 4 is 17.2 Å². The summed E-state index contributed by atoms with van der Waals surface area (Å²) >= 11 is 1.90. The highest BCUT2D eigenvalue weighted by Crippen LogP contribution is 2.28. The lowest BCUT2D eigenvalue weighted by Gasteiger charge is -2.34. The summed E-state index contributed by atoms with van der Waals surface area (Å²) in [6, 6.07) is 0. The van der Waals surface area contributed by atoms with Gasteiger partial charge in [-0.1, -0.05) is 13.3 Å².